The molecule has 0 unspecified atom stereocenters. The van der Waals surface area contributed by atoms with Gasteiger partial charge >= 0.3 is 0 Å². The zero-order valence-electron chi connectivity index (χ0n) is 7.26. The van der Waals surface area contributed by atoms with Gasteiger partial charge in [-0.15, -0.1) is 0 Å². The minimum absolute atomic E-state index is 0. The summed E-state index contributed by atoms with van der Waals surface area (Å²) in [5.41, 5.74) is 0. The Balaban J connectivity index is 0. The zero-order chi connectivity index (χ0) is 11.0. The molecule has 0 aliphatic heterocycles. The summed E-state index contributed by atoms with van der Waals surface area (Å²) >= 11 is 0. The Kier molecular flexibility index (Phi) is 7.61. The molecule has 0 aliphatic carbocycles. The Morgan fingerprint density at radius 2 is 1.00 bits per heavy atom. The molecule has 6 nitrogen and oxygen atoms in total. The Hall–Kier alpha value is 0.521. The third-order valence-electron chi connectivity index (χ3n) is 1.40. The predicted octanol–water partition coefficient (Wildman–Crippen LogP) is 0.175. The van der Waals surface area contributed by atoms with Crippen molar-refractivity contribution in [3.8, 4) is 0 Å². The van der Waals surface area contributed by atoms with E-state index < -0.39 is 30.0 Å². The van der Waals surface area contributed by atoms with E-state index in [1.807, 2.05) is 0 Å². The van der Waals surface area contributed by atoms with Crippen LogP contribution >= 0.6 is 0 Å². The number of hydrogen-bond acceptors (Lipinski definition) is 4. The van der Waals surface area contributed by atoms with Crippen LogP contribution in [0.15, 0.2) is 34.1 Å². The van der Waals surface area contributed by atoms with Crippen LogP contribution in [0.2, 0.25) is 0 Å². The SMILES string of the molecule is O=S(=O)(O)c1ccccc1S(=O)(=O)O.[Ag].[Ag]. The molecular formula is C6H6Ag2O6S2. The fourth-order valence-electron chi connectivity index (χ4n) is 0.876. The second-order valence-corrected chi connectivity index (χ2v) is 5.18. The summed E-state index contributed by atoms with van der Waals surface area (Å²) in [6.07, 6.45) is 0. The smallest absolute Gasteiger partial charge is 0.282 e. The van der Waals surface area contributed by atoms with Crippen LogP contribution < -0.4 is 0 Å². The van der Waals surface area contributed by atoms with Crippen molar-refractivity contribution in [1.82, 2.24) is 0 Å². The van der Waals surface area contributed by atoms with Gasteiger partial charge in [0.15, 0.2) is 0 Å². The van der Waals surface area contributed by atoms with Crippen LogP contribution in [0.4, 0.5) is 0 Å². The second kappa shape index (κ2) is 6.45. The van der Waals surface area contributed by atoms with Gasteiger partial charge in [-0.2, -0.15) is 16.8 Å². The summed E-state index contributed by atoms with van der Waals surface area (Å²) in [5, 5.41) is 0. The molecule has 1 aromatic carbocycles. The number of rotatable bonds is 2. The standard InChI is InChI=1S/C6H6O6S2.2Ag/c7-13(8,9)5-3-1-2-4-6(5)14(10,11)12;;/h1-4H,(H,7,8,9)(H,10,11,12);;. The van der Waals surface area contributed by atoms with Gasteiger partial charge in [0, 0.05) is 44.8 Å². The molecule has 0 saturated carbocycles. The van der Waals surface area contributed by atoms with Gasteiger partial charge < -0.3 is 0 Å². The number of hydrogen-bond donors (Lipinski definition) is 2. The second-order valence-electron chi connectivity index (χ2n) is 2.40. The van der Waals surface area contributed by atoms with Crippen molar-refractivity contribution in [2.45, 2.75) is 9.79 Å². The first-order valence-corrected chi connectivity index (χ1v) is 6.15. The monoisotopic (exact) mass is 452 g/mol. The first-order valence-electron chi connectivity index (χ1n) is 3.27. The molecule has 0 amide bonds. The summed E-state index contributed by atoms with van der Waals surface area (Å²) in [7, 11) is -9.31. The summed E-state index contributed by atoms with van der Waals surface area (Å²) in [6, 6.07) is 4.19. The maximum Gasteiger partial charge on any atom is 0.295 e. The van der Waals surface area contributed by atoms with E-state index in [9.17, 15) is 16.8 Å². The average Bonchev–Trinajstić information content (AvgIpc) is 2.01. The Labute approximate surface area is 124 Å². The third-order valence-corrected chi connectivity index (χ3v) is 3.36. The van der Waals surface area contributed by atoms with E-state index in [2.05, 4.69) is 0 Å². The Morgan fingerprint density at radius 3 is 1.19 bits per heavy atom. The van der Waals surface area contributed by atoms with Crippen molar-refractivity contribution >= 4 is 20.2 Å². The molecule has 2 N–H and O–H groups in total. The van der Waals surface area contributed by atoms with Crippen LogP contribution in [0.5, 0.6) is 0 Å². The van der Waals surface area contributed by atoms with Crippen molar-refractivity contribution in [2.75, 3.05) is 0 Å². The molecule has 0 spiro atoms. The van der Waals surface area contributed by atoms with Crippen molar-refractivity contribution in [3.05, 3.63) is 24.3 Å². The first kappa shape index (κ1) is 18.9. The topological polar surface area (TPSA) is 109 Å². The van der Waals surface area contributed by atoms with Gasteiger partial charge in [0.05, 0.1) is 0 Å². The van der Waals surface area contributed by atoms with Crippen molar-refractivity contribution in [3.63, 3.8) is 0 Å². The van der Waals surface area contributed by atoms with Crippen LogP contribution in [-0.2, 0) is 65.0 Å². The van der Waals surface area contributed by atoms with Crippen LogP contribution in [-0.4, -0.2) is 25.9 Å². The van der Waals surface area contributed by atoms with Gasteiger partial charge in [-0.25, -0.2) is 0 Å². The largest absolute Gasteiger partial charge is 0.295 e. The minimum Gasteiger partial charge on any atom is -0.282 e. The van der Waals surface area contributed by atoms with Crippen molar-refractivity contribution < 1.29 is 70.7 Å². The van der Waals surface area contributed by atoms with Gasteiger partial charge in [0.1, 0.15) is 9.79 Å². The fraction of sp³-hybridized carbons (Fsp3) is 0. The van der Waals surface area contributed by atoms with E-state index in [0.29, 0.717) is 0 Å². The molecule has 10 heteroatoms. The van der Waals surface area contributed by atoms with Crippen LogP contribution in [0, 0.1) is 0 Å². The maximum atomic E-state index is 10.7. The predicted molar refractivity (Wildman–Crippen MR) is 46.1 cm³/mol. The Bertz CT molecular complexity index is 499. The molecule has 100 valence electrons. The third kappa shape index (κ3) is 4.80. The van der Waals surface area contributed by atoms with Gasteiger partial charge in [-0.1, -0.05) is 12.1 Å². The van der Waals surface area contributed by atoms with E-state index in [4.69, 9.17) is 9.11 Å². The molecule has 0 aliphatic rings. The normalized spacial score (nSPS) is 11.1. The molecular weight excluding hydrogens is 448 g/mol. The van der Waals surface area contributed by atoms with E-state index in [1.54, 1.807) is 0 Å². The quantitative estimate of drug-likeness (QED) is 0.488. The average molecular weight is 454 g/mol. The minimum atomic E-state index is -4.66. The molecule has 16 heavy (non-hydrogen) atoms. The van der Waals surface area contributed by atoms with Crippen LogP contribution in [0.25, 0.3) is 0 Å². The van der Waals surface area contributed by atoms with Gasteiger partial charge in [0.2, 0.25) is 0 Å². The molecule has 0 fully saturated rings. The van der Waals surface area contributed by atoms with Gasteiger partial charge in [-0.3, -0.25) is 9.11 Å². The van der Waals surface area contributed by atoms with Crippen LogP contribution in [0.1, 0.15) is 0 Å². The molecule has 0 atom stereocenters. The molecule has 0 bridgehead atoms. The molecule has 0 heterocycles. The molecule has 0 saturated heterocycles. The zero-order valence-corrected chi connectivity index (χ0v) is 11.9. The van der Waals surface area contributed by atoms with E-state index in [-0.39, 0.29) is 44.8 Å². The fourth-order valence-corrected chi connectivity index (χ4v) is 2.65. The van der Waals surface area contributed by atoms with Gasteiger partial charge in [0.25, 0.3) is 20.2 Å². The van der Waals surface area contributed by atoms with Crippen molar-refractivity contribution in [2.24, 2.45) is 0 Å². The van der Waals surface area contributed by atoms with Crippen molar-refractivity contribution in [1.29, 1.82) is 0 Å². The molecule has 0 aromatic heterocycles. The van der Waals surface area contributed by atoms with Gasteiger partial charge in [-0.05, 0) is 12.1 Å². The number of benzene rings is 1. The molecule has 1 rings (SSSR count). The summed E-state index contributed by atoms with van der Waals surface area (Å²) in [5.74, 6) is 0. The summed E-state index contributed by atoms with van der Waals surface area (Å²) < 4.78 is 60.0. The Morgan fingerprint density at radius 1 is 0.750 bits per heavy atom. The molecule has 1 aromatic rings. The summed E-state index contributed by atoms with van der Waals surface area (Å²) in [6.45, 7) is 0. The maximum absolute atomic E-state index is 10.7. The van der Waals surface area contributed by atoms with E-state index >= 15 is 0 Å². The van der Waals surface area contributed by atoms with Crippen LogP contribution in [0.3, 0.4) is 0 Å². The van der Waals surface area contributed by atoms with E-state index in [0.717, 1.165) is 12.1 Å². The van der Waals surface area contributed by atoms with E-state index in [1.165, 1.54) is 12.1 Å². The molecule has 2 radical (unpaired) electrons. The first-order chi connectivity index (χ1) is 6.23. The summed E-state index contributed by atoms with van der Waals surface area (Å²) in [4.78, 5) is -1.69.